The summed E-state index contributed by atoms with van der Waals surface area (Å²) in [6, 6.07) is 14.9. The third-order valence-corrected chi connectivity index (χ3v) is 7.92. The molecule has 2 aromatic carbocycles. The molecule has 1 fully saturated rings. The Balaban J connectivity index is 1.75. The first-order chi connectivity index (χ1) is 18.1. The number of Topliss-reactive ketones (excluding diaryl/α,β-unsaturated/α-hetero) is 1. The molecule has 38 heavy (non-hydrogen) atoms. The number of nitrogens with zero attached hydrogens (tertiary/aromatic N) is 1. The summed E-state index contributed by atoms with van der Waals surface area (Å²) in [5.41, 5.74) is 6.92. The van der Waals surface area contributed by atoms with Crippen molar-refractivity contribution in [2.45, 2.75) is 36.9 Å². The Bertz CT molecular complexity index is 1350. The lowest BCUT2D eigenvalue weighted by Gasteiger charge is -2.29. The molecule has 2 heterocycles. The standard InChI is InChI=1S/C25H29N7O4S2/c26-23(27)25-30-14-18(37-25)20(22(33)17-12-7-13-29-17)31-24(34)21(32-38(28,35)36)19(15-8-3-1-4-9-15)16-10-5-2-6-11-16/h1-6,8-11,14,17,19-21,29,32H,7,12-13H2,(H3,26,27)(H,31,34)(H2,28,35,36)/t17-,20?,21+/m0/s1. The van der Waals surface area contributed by atoms with Crippen molar-refractivity contribution < 1.29 is 18.0 Å². The number of benzene rings is 2. The number of amides is 1. The van der Waals surface area contributed by atoms with Crippen LogP contribution in [0.5, 0.6) is 0 Å². The van der Waals surface area contributed by atoms with E-state index in [0.29, 0.717) is 29.0 Å². The summed E-state index contributed by atoms with van der Waals surface area (Å²) in [6.45, 7) is 0.665. The van der Waals surface area contributed by atoms with E-state index in [2.05, 4.69) is 20.3 Å². The predicted octanol–water partition coefficient (Wildman–Crippen LogP) is 0.899. The first-order valence-electron chi connectivity index (χ1n) is 11.9. The lowest BCUT2D eigenvalue weighted by molar-refractivity contribution is -0.129. The molecule has 1 unspecified atom stereocenters. The Labute approximate surface area is 224 Å². The molecule has 13 heteroatoms. The summed E-state index contributed by atoms with van der Waals surface area (Å²) in [7, 11) is -4.34. The molecule has 0 aliphatic carbocycles. The lowest BCUT2D eigenvalue weighted by atomic mass is 9.85. The first kappa shape index (κ1) is 27.5. The van der Waals surface area contributed by atoms with Gasteiger partial charge in [-0.1, -0.05) is 60.7 Å². The van der Waals surface area contributed by atoms with Crippen molar-refractivity contribution in [1.29, 1.82) is 5.41 Å². The van der Waals surface area contributed by atoms with Gasteiger partial charge in [0, 0.05) is 12.1 Å². The van der Waals surface area contributed by atoms with E-state index in [0.717, 1.165) is 17.8 Å². The summed E-state index contributed by atoms with van der Waals surface area (Å²) in [5, 5.41) is 19.1. The molecule has 8 N–H and O–H groups in total. The van der Waals surface area contributed by atoms with E-state index >= 15 is 0 Å². The van der Waals surface area contributed by atoms with Crippen LogP contribution in [0.25, 0.3) is 0 Å². The van der Waals surface area contributed by atoms with E-state index in [9.17, 15) is 18.0 Å². The lowest BCUT2D eigenvalue weighted by Crippen LogP contribution is -2.54. The number of rotatable bonds is 11. The van der Waals surface area contributed by atoms with Crippen molar-refractivity contribution in [3.63, 3.8) is 0 Å². The maximum absolute atomic E-state index is 13.9. The number of aromatic nitrogens is 1. The van der Waals surface area contributed by atoms with Crippen LogP contribution in [-0.4, -0.2) is 49.6 Å². The number of nitrogens with one attached hydrogen (secondary N) is 4. The van der Waals surface area contributed by atoms with Crippen molar-refractivity contribution in [1.82, 2.24) is 20.3 Å². The minimum atomic E-state index is -4.34. The van der Waals surface area contributed by atoms with Crippen LogP contribution in [0.2, 0.25) is 0 Å². The maximum Gasteiger partial charge on any atom is 0.275 e. The molecule has 0 spiro atoms. The average molecular weight is 556 g/mol. The quantitative estimate of drug-likeness (QED) is 0.149. The Morgan fingerprint density at radius 3 is 2.16 bits per heavy atom. The van der Waals surface area contributed by atoms with Gasteiger partial charge in [-0.3, -0.25) is 15.0 Å². The fourth-order valence-electron chi connectivity index (χ4n) is 4.54. The summed E-state index contributed by atoms with van der Waals surface area (Å²) in [4.78, 5) is 31.9. The monoisotopic (exact) mass is 555 g/mol. The van der Waals surface area contributed by atoms with Crippen LogP contribution in [0.15, 0.2) is 66.9 Å². The topological polar surface area (TPSA) is 193 Å². The molecule has 200 valence electrons. The normalized spacial score (nSPS) is 17.2. The zero-order chi connectivity index (χ0) is 27.3. The number of hydrogen-bond donors (Lipinski definition) is 6. The van der Waals surface area contributed by atoms with Crippen molar-refractivity contribution in [3.05, 3.63) is 87.9 Å². The SMILES string of the molecule is N=C(N)c1ncc(C(NC(=O)[C@H](NS(N)(=O)=O)C(c2ccccc2)c2ccccc2)C(=O)[C@@H]2CCCN2)s1. The van der Waals surface area contributed by atoms with E-state index in [1.54, 1.807) is 48.5 Å². The average Bonchev–Trinajstić information content (AvgIpc) is 3.60. The highest BCUT2D eigenvalue weighted by Crippen LogP contribution is 2.30. The summed E-state index contributed by atoms with van der Waals surface area (Å²) < 4.78 is 26.8. The van der Waals surface area contributed by atoms with Crippen LogP contribution in [0, 0.1) is 5.41 Å². The molecule has 1 aliphatic rings. The third-order valence-electron chi connectivity index (χ3n) is 6.24. The zero-order valence-electron chi connectivity index (χ0n) is 20.3. The van der Waals surface area contributed by atoms with E-state index < -0.39 is 40.2 Å². The molecule has 1 aliphatic heterocycles. The molecule has 0 radical (unpaired) electrons. The van der Waals surface area contributed by atoms with Gasteiger partial charge in [0.15, 0.2) is 16.6 Å². The first-order valence-corrected chi connectivity index (χ1v) is 14.3. The van der Waals surface area contributed by atoms with Crippen LogP contribution in [0.1, 0.15) is 45.8 Å². The van der Waals surface area contributed by atoms with Gasteiger partial charge in [-0.05, 0) is 30.5 Å². The van der Waals surface area contributed by atoms with Crippen molar-refractivity contribution in [2.24, 2.45) is 10.9 Å². The minimum Gasteiger partial charge on any atom is -0.382 e. The number of ketones is 1. The highest BCUT2D eigenvalue weighted by atomic mass is 32.2. The van der Waals surface area contributed by atoms with Gasteiger partial charge in [0.2, 0.25) is 5.91 Å². The molecule has 4 rings (SSSR count). The molecule has 0 saturated carbocycles. The molecule has 1 amide bonds. The molecule has 1 saturated heterocycles. The number of amidine groups is 1. The highest BCUT2D eigenvalue weighted by molar-refractivity contribution is 7.87. The number of nitrogens with two attached hydrogens (primary N) is 2. The molecule has 1 aromatic heterocycles. The molecule has 0 bridgehead atoms. The Kier molecular flexibility index (Phi) is 8.64. The van der Waals surface area contributed by atoms with Gasteiger partial charge in [-0.2, -0.15) is 13.1 Å². The minimum absolute atomic E-state index is 0.206. The zero-order valence-corrected chi connectivity index (χ0v) is 22.0. The Morgan fingerprint density at radius 2 is 1.68 bits per heavy atom. The second-order valence-corrected chi connectivity index (χ2v) is 11.3. The second-order valence-electron chi connectivity index (χ2n) is 8.91. The molecule has 11 nitrogen and oxygen atoms in total. The predicted molar refractivity (Wildman–Crippen MR) is 145 cm³/mol. The molecule has 3 atom stereocenters. The fourth-order valence-corrected chi connectivity index (χ4v) is 5.97. The fraction of sp³-hybridized carbons (Fsp3) is 0.280. The molecule has 3 aromatic rings. The van der Waals surface area contributed by atoms with Crippen LogP contribution >= 0.6 is 11.3 Å². The largest absolute Gasteiger partial charge is 0.382 e. The van der Waals surface area contributed by atoms with Crippen LogP contribution in [0.4, 0.5) is 0 Å². The summed E-state index contributed by atoms with van der Waals surface area (Å²) >= 11 is 1.02. The van der Waals surface area contributed by atoms with Crippen LogP contribution in [0.3, 0.4) is 0 Å². The van der Waals surface area contributed by atoms with E-state index in [1.165, 1.54) is 6.20 Å². The van der Waals surface area contributed by atoms with E-state index in [-0.39, 0.29) is 16.6 Å². The number of carbonyl (C=O) groups is 2. The van der Waals surface area contributed by atoms with Crippen molar-refractivity contribution in [2.75, 3.05) is 6.54 Å². The summed E-state index contributed by atoms with van der Waals surface area (Å²) in [5.74, 6) is -2.06. The number of carbonyl (C=O) groups excluding carboxylic acids is 2. The number of thiazole rings is 1. The van der Waals surface area contributed by atoms with E-state index in [4.69, 9.17) is 16.3 Å². The second kappa shape index (κ2) is 11.9. The maximum atomic E-state index is 13.9. The number of nitrogen functional groups attached to an aromatic ring is 1. The van der Waals surface area contributed by atoms with Crippen molar-refractivity contribution >= 4 is 39.1 Å². The van der Waals surface area contributed by atoms with Gasteiger partial charge in [-0.15, -0.1) is 11.3 Å². The van der Waals surface area contributed by atoms with Gasteiger partial charge < -0.3 is 16.4 Å². The molecular weight excluding hydrogens is 526 g/mol. The Hall–Kier alpha value is -3.49. The van der Waals surface area contributed by atoms with E-state index in [1.807, 2.05) is 12.1 Å². The van der Waals surface area contributed by atoms with Crippen LogP contribution < -0.4 is 26.2 Å². The molecular formula is C25H29N7O4S2. The van der Waals surface area contributed by atoms with Gasteiger partial charge in [-0.25, -0.2) is 10.1 Å². The summed E-state index contributed by atoms with van der Waals surface area (Å²) in [6.07, 6.45) is 2.80. The highest BCUT2D eigenvalue weighted by Gasteiger charge is 2.38. The number of hydrogen-bond acceptors (Lipinski definition) is 8. The Morgan fingerprint density at radius 1 is 1.08 bits per heavy atom. The van der Waals surface area contributed by atoms with Gasteiger partial charge >= 0.3 is 0 Å². The van der Waals surface area contributed by atoms with Crippen molar-refractivity contribution in [3.8, 4) is 0 Å². The van der Waals surface area contributed by atoms with Gasteiger partial charge in [0.1, 0.15) is 12.1 Å². The van der Waals surface area contributed by atoms with Gasteiger partial charge in [0.25, 0.3) is 10.2 Å². The van der Waals surface area contributed by atoms with Gasteiger partial charge in [0.05, 0.1) is 10.9 Å². The smallest absolute Gasteiger partial charge is 0.275 e. The third kappa shape index (κ3) is 6.68. The van der Waals surface area contributed by atoms with Crippen LogP contribution in [-0.2, 0) is 19.8 Å².